The number of aryl methyl sites for hydroxylation is 1. The average molecular weight is 302 g/mol. The first-order valence-electron chi connectivity index (χ1n) is 5.95. The molecule has 0 saturated heterocycles. The molecule has 0 spiro atoms. The summed E-state index contributed by atoms with van der Waals surface area (Å²) >= 11 is 6.00. The summed E-state index contributed by atoms with van der Waals surface area (Å²) in [5, 5.41) is 4.69. The summed E-state index contributed by atoms with van der Waals surface area (Å²) in [6.07, 6.45) is 0. The summed E-state index contributed by atoms with van der Waals surface area (Å²) in [5.74, 6) is 0.489. The van der Waals surface area contributed by atoms with Gasteiger partial charge < -0.3 is 10.5 Å². The standard InChI is InChI=1S/C13H14ClF2N3O/c1-7-11(14)12(17)19(18-7)8(2)9-3-5-10(6-4-9)20-13(15)16/h3-6,8,13H,17H2,1-2H3. The Balaban J connectivity index is 2.24. The SMILES string of the molecule is Cc1nn(C(C)c2ccc(OC(F)F)cc2)c(N)c1Cl. The zero-order valence-corrected chi connectivity index (χ0v) is 11.7. The van der Waals surface area contributed by atoms with Crippen LogP contribution in [0.1, 0.15) is 24.2 Å². The van der Waals surface area contributed by atoms with E-state index in [9.17, 15) is 8.78 Å². The van der Waals surface area contributed by atoms with Gasteiger partial charge in [-0.05, 0) is 31.5 Å². The molecule has 0 bridgehead atoms. The van der Waals surface area contributed by atoms with Crippen molar-refractivity contribution in [3.05, 3.63) is 40.5 Å². The zero-order valence-electron chi connectivity index (χ0n) is 11.0. The first-order chi connectivity index (χ1) is 9.40. The van der Waals surface area contributed by atoms with Crippen LogP contribution in [0.5, 0.6) is 5.75 Å². The van der Waals surface area contributed by atoms with Crippen LogP contribution in [0.15, 0.2) is 24.3 Å². The molecule has 2 aromatic rings. The minimum Gasteiger partial charge on any atom is -0.435 e. The van der Waals surface area contributed by atoms with Crippen LogP contribution in [0.3, 0.4) is 0 Å². The highest BCUT2D eigenvalue weighted by Gasteiger charge is 2.16. The van der Waals surface area contributed by atoms with Crippen molar-refractivity contribution < 1.29 is 13.5 Å². The largest absolute Gasteiger partial charge is 0.435 e. The summed E-state index contributed by atoms with van der Waals surface area (Å²) < 4.78 is 30.1. The maximum absolute atomic E-state index is 12.1. The van der Waals surface area contributed by atoms with Crippen LogP contribution < -0.4 is 10.5 Å². The lowest BCUT2D eigenvalue weighted by Gasteiger charge is -2.15. The number of rotatable bonds is 4. The highest BCUT2D eigenvalue weighted by atomic mass is 35.5. The third-order valence-electron chi connectivity index (χ3n) is 3.00. The number of hydrogen-bond acceptors (Lipinski definition) is 3. The van der Waals surface area contributed by atoms with E-state index in [2.05, 4.69) is 9.84 Å². The number of nitrogen functional groups attached to an aromatic ring is 1. The molecule has 1 aromatic heterocycles. The molecule has 1 atom stereocenters. The van der Waals surface area contributed by atoms with Gasteiger partial charge in [0.15, 0.2) is 0 Å². The summed E-state index contributed by atoms with van der Waals surface area (Å²) in [5.41, 5.74) is 7.39. The number of nitrogens with zero attached hydrogens (tertiary/aromatic N) is 2. The van der Waals surface area contributed by atoms with Gasteiger partial charge in [0.2, 0.25) is 0 Å². The van der Waals surface area contributed by atoms with Crippen LogP contribution in [-0.2, 0) is 0 Å². The monoisotopic (exact) mass is 301 g/mol. The maximum Gasteiger partial charge on any atom is 0.387 e. The number of hydrogen-bond donors (Lipinski definition) is 1. The zero-order chi connectivity index (χ0) is 14.9. The van der Waals surface area contributed by atoms with Crippen molar-refractivity contribution in [3.63, 3.8) is 0 Å². The number of alkyl halides is 2. The van der Waals surface area contributed by atoms with E-state index in [1.165, 1.54) is 12.1 Å². The van der Waals surface area contributed by atoms with E-state index in [4.69, 9.17) is 17.3 Å². The van der Waals surface area contributed by atoms with Crippen LogP contribution in [-0.4, -0.2) is 16.4 Å². The van der Waals surface area contributed by atoms with Crippen molar-refractivity contribution >= 4 is 17.4 Å². The third-order valence-corrected chi connectivity index (χ3v) is 3.47. The molecule has 108 valence electrons. The van der Waals surface area contributed by atoms with Gasteiger partial charge >= 0.3 is 6.61 Å². The minimum absolute atomic E-state index is 0.110. The Morgan fingerprint density at radius 2 is 1.90 bits per heavy atom. The molecule has 0 amide bonds. The van der Waals surface area contributed by atoms with Crippen LogP contribution in [0.25, 0.3) is 0 Å². The van der Waals surface area contributed by atoms with Gasteiger partial charge in [0.1, 0.15) is 16.6 Å². The molecule has 0 radical (unpaired) electrons. The Morgan fingerprint density at radius 1 is 1.30 bits per heavy atom. The Labute approximate surface area is 120 Å². The van der Waals surface area contributed by atoms with Crippen molar-refractivity contribution in [2.45, 2.75) is 26.5 Å². The number of nitrogens with two attached hydrogens (primary N) is 1. The number of ether oxygens (including phenoxy) is 1. The molecule has 1 unspecified atom stereocenters. The third kappa shape index (κ3) is 2.85. The predicted molar refractivity (Wildman–Crippen MR) is 73.3 cm³/mol. The topological polar surface area (TPSA) is 53.1 Å². The molecule has 7 heteroatoms. The number of aromatic nitrogens is 2. The summed E-state index contributed by atoms with van der Waals surface area (Å²) in [6.45, 7) is 0.824. The molecule has 0 fully saturated rings. The average Bonchev–Trinajstić information content (AvgIpc) is 2.66. The molecule has 2 N–H and O–H groups in total. The van der Waals surface area contributed by atoms with E-state index < -0.39 is 6.61 Å². The lowest BCUT2D eigenvalue weighted by atomic mass is 10.1. The summed E-state index contributed by atoms with van der Waals surface area (Å²) in [7, 11) is 0. The summed E-state index contributed by atoms with van der Waals surface area (Å²) in [6, 6.07) is 6.17. The van der Waals surface area contributed by atoms with Crippen LogP contribution >= 0.6 is 11.6 Å². The van der Waals surface area contributed by atoms with Crippen LogP contribution in [0, 0.1) is 6.92 Å². The molecule has 1 heterocycles. The van der Waals surface area contributed by atoms with E-state index in [-0.39, 0.29) is 11.8 Å². The second-order valence-corrected chi connectivity index (χ2v) is 4.73. The quantitative estimate of drug-likeness (QED) is 0.938. The highest BCUT2D eigenvalue weighted by Crippen LogP contribution is 2.29. The number of halogens is 3. The Bertz CT molecular complexity index is 598. The summed E-state index contributed by atoms with van der Waals surface area (Å²) in [4.78, 5) is 0. The number of benzene rings is 1. The second-order valence-electron chi connectivity index (χ2n) is 4.35. The molecular formula is C13H14ClF2N3O. The molecule has 0 aliphatic rings. The fourth-order valence-electron chi connectivity index (χ4n) is 1.91. The van der Waals surface area contributed by atoms with E-state index in [0.29, 0.717) is 16.5 Å². The lowest BCUT2D eigenvalue weighted by molar-refractivity contribution is -0.0498. The molecule has 20 heavy (non-hydrogen) atoms. The van der Waals surface area contributed by atoms with E-state index in [0.717, 1.165) is 5.56 Å². The van der Waals surface area contributed by atoms with Gasteiger partial charge in [0.05, 0.1) is 11.7 Å². The molecular weight excluding hydrogens is 288 g/mol. The fourth-order valence-corrected chi connectivity index (χ4v) is 2.03. The molecule has 4 nitrogen and oxygen atoms in total. The van der Waals surface area contributed by atoms with Crippen molar-refractivity contribution in [3.8, 4) is 5.75 Å². The van der Waals surface area contributed by atoms with E-state index in [1.54, 1.807) is 23.7 Å². The van der Waals surface area contributed by atoms with Gasteiger partial charge in [-0.3, -0.25) is 0 Å². The van der Waals surface area contributed by atoms with Crippen LogP contribution in [0.2, 0.25) is 5.02 Å². The Kier molecular flexibility index (Phi) is 4.13. The van der Waals surface area contributed by atoms with Crippen molar-refractivity contribution in [1.29, 1.82) is 0 Å². The predicted octanol–water partition coefficient (Wildman–Crippen LogP) is 3.64. The Morgan fingerprint density at radius 3 is 2.35 bits per heavy atom. The number of anilines is 1. The first-order valence-corrected chi connectivity index (χ1v) is 6.32. The van der Waals surface area contributed by atoms with E-state index in [1.807, 2.05) is 6.92 Å². The van der Waals surface area contributed by atoms with Gasteiger partial charge in [0, 0.05) is 0 Å². The van der Waals surface area contributed by atoms with Gasteiger partial charge in [-0.15, -0.1) is 0 Å². The molecule has 0 aliphatic carbocycles. The lowest BCUT2D eigenvalue weighted by Crippen LogP contribution is -2.11. The normalized spacial score (nSPS) is 12.7. The molecule has 0 aliphatic heterocycles. The molecule has 2 rings (SSSR count). The van der Waals surface area contributed by atoms with Gasteiger partial charge in [-0.2, -0.15) is 13.9 Å². The van der Waals surface area contributed by atoms with Crippen molar-refractivity contribution in [2.75, 3.05) is 5.73 Å². The first kappa shape index (κ1) is 14.6. The molecule has 1 aromatic carbocycles. The minimum atomic E-state index is -2.83. The Hall–Kier alpha value is -1.82. The van der Waals surface area contributed by atoms with Crippen LogP contribution in [0.4, 0.5) is 14.6 Å². The van der Waals surface area contributed by atoms with Crippen molar-refractivity contribution in [2.24, 2.45) is 0 Å². The van der Waals surface area contributed by atoms with E-state index >= 15 is 0 Å². The fraction of sp³-hybridized carbons (Fsp3) is 0.308. The maximum atomic E-state index is 12.1. The van der Waals surface area contributed by atoms with Gasteiger partial charge in [0.25, 0.3) is 0 Å². The van der Waals surface area contributed by atoms with Crippen molar-refractivity contribution in [1.82, 2.24) is 9.78 Å². The second kappa shape index (κ2) is 5.66. The molecule has 0 saturated carbocycles. The van der Waals surface area contributed by atoms with Gasteiger partial charge in [-0.25, -0.2) is 4.68 Å². The highest BCUT2D eigenvalue weighted by molar-refractivity contribution is 6.33. The smallest absolute Gasteiger partial charge is 0.387 e. The van der Waals surface area contributed by atoms with Gasteiger partial charge in [-0.1, -0.05) is 23.7 Å².